The summed E-state index contributed by atoms with van der Waals surface area (Å²) < 4.78 is 1.95. The molecule has 0 bridgehead atoms. The van der Waals surface area contributed by atoms with E-state index in [9.17, 15) is 0 Å². The molecule has 1 unspecified atom stereocenters. The monoisotopic (exact) mass is 299 g/mol. The molecule has 0 aliphatic heterocycles. The molecule has 0 saturated heterocycles. The summed E-state index contributed by atoms with van der Waals surface area (Å²) in [5.74, 6) is 2.41. The van der Waals surface area contributed by atoms with Crippen molar-refractivity contribution in [3.63, 3.8) is 0 Å². The molecule has 2 fully saturated rings. The van der Waals surface area contributed by atoms with Gasteiger partial charge in [0.25, 0.3) is 0 Å². The molecule has 2 saturated carbocycles. The van der Waals surface area contributed by atoms with Crippen molar-refractivity contribution < 1.29 is 0 Å². The molecule has 0 spiro atoms. The third kappa shape index (κ3) is 2.47. The molecule has 22 heavy (non-hydrogen) atoms. The minimum absolute atomic E-state index is 0.332. The molecule has 2 aromatic heterocycles. The summed E-state index contributed by atoms with van der Waals surface area (Å²) in [6.07, 6.45) is 7.87. The van der Waals surface area contributed by atoms with E-state index in [2.05, 4.69) is 30.3 Å². The van der Waals surface area contributed by atoms with Crippen molar-refractivity contribution in [1.82, 2.24) is 14.6 Å². The first kappa shape index (κ1) is 14.0. The van der Waals surface area contributed by atoms with Crippen LogP contribution in [0.2, 0.25) is 0 Å². The lowest BCUT2D eigenvalue weighted by molar-refractivity contribution is 0.641. The fourth-order valence-electron chi connectivity index (χ4n) is 3.62. The number of nitrogens with zero attached hydrogens (tertiary/aromatic N) is 3. The standard InChI is InChI=1S/C17H25N5/c1-10-9-19-22-16(20-14-6-5-13(18)7-14)8-15(21-17(10)22)11(2)12-3-4-12/h8-9,11-14,20H,3-7,18H2,1-2H3/t11?,13-,14-/m0/s1. The zero-order valence-corrected chi connectivity index (χ0v) is 13.4. The largest absolute Gasteiger partial charge is 0.367 e. The van der Waals surface area contributed by atoms with Gasteiger partial charge in [-0.05, 0) is 44.9 Å². The topological polar surface area (TPSA) is 68.2 Å². The van der Waals surface area contributed by atoms with E-state index in [-0.39, 0.29) is 0 Å². The number of nitrogens with one attached hydrogen (secondary N) is 1. The lowest BCUT2D eigenvalue weighted by atomic mass is 10.0. The van der Waals surface area contributed by atoms with E-state index < -0.39 is 0 Å². The molecule has 0 radical (unpaired) electrons. The van der Waals surface area contributed by atoms with Crippen molar-refractivity contribution in [1.29, 1.82) is 0 Å². The smallest absolute Gasteiger partial charge is 0.160 e. The van der Waals surface area contributed by atoms with Gasteiger partial charge in [-0.15, -0.1) is 0 Å². The van der Waals surface area contributed by atoms with Gasteiger partial charge in [0.05, 0.1) is 6.20 Å². The van der Waals surface area contributed by atoms with Gasteiger partial charge in [0.15, 0.2) is 5.65 Å². The van der Waals surface area contributed by atoms with E-state index >= 15 is 0 Å². The summed E-state index contributed by atoms with van der Waals surface area (Å²) in [4.78, 5) is 4.88. The Labute approximate surface area is 131 Å². The van der Waals surface area contributed by atoms with Crippen molar-refractivity contribution in [2.24, 2.45) is 11.7 Å². The molecule has 118 valence electrons. The predicted octanol–water partition coefficient (Wildman–Crippen LogP) is 2.84. The average Bonchev–Trinajstić information content (AvgIpc) is 3.18. The Morgan fingerprint density at radius 3 is 2.82 bits per heavy atom. The molecule has 0 amide bonds. The third-order valence-corrected chi connectivity index (χ3v) is 5.29. The van der Waals surface area contributed by atoms with Crippen molar-refractivity contribution in [2.45, 2.75) is 64.0 Å². The second-order valence-electron chi connectivity index (χ2n) is 7.17. The highest BCUT2D eigenvalue weighted by molar-refractivity contribution is 5.54. The second-order valence-corrected chi connectivity index (χ2v) is 7.17. The lowest BCUT2D eigenvalue weighted by Crippen LogP contribution is -2.22. The Hall–Kier alpha value is -1.62. The maximum Gasteiger partial charge on any atom is 0.160 e. The van der Waals surface area contributed by atoms with Crippen LogP contribution in [0.15, 0.2) is 12.3 Å². The number of hydrogen-bond acceptors (Lipinski definition) is 4. The molecule has 2 aromatic rings. The first-order valence-electron chi connectivity index (χ1n) is 8.49. The van der Waals surface area contributed by atoms with Gasteiger partial charge in [-0.1, -0.05) is 6.92 Å². The first-order valence-corrected chi connectivity index (χ1v) is 8.49. The van der Waals surface area contributed by atoms with E-state index in [4.69, 9.17) is 10.7 Å². The maximum absolute atomic E-state index is 6.05. The van der Waals surface area contributed by atoms with Gasteiger partial charge in [-0.3, -0.25) is 0 Å². The average molecular weight is 299 g/mol. The molecule has 5 nitrogen and oxygen atoms in total. The Morgan fingerprint density at radius 2 is 2.14 bits per heavy atom. The third-order valence-electron chi connectivity index (χ3n) is 5.29. The van der Waals surface area contributed by atoms with E-state index in [1.54, 1.807) is 0 Å². The normalized spacial score (nSPS) is 26.5. The molecule has 2 aliphatic rings. The number of anilines is 1. The Balaban J connectivity index is 1.71. The van der Waals surface area contributed by atoms with Crippen molar-refractivity contribution in [3.05, 3.63) is 23.5 Å². The number of aromatic nitrogens is 3. The van der Waals surface area contributed by atoms with E-state index in [0.29, 0.717) is 18.0 Å². The molecule has 3 atom stereocenters. The molecular formula is C17H25N5. The van der Waals surface area contributed by atoms with Crippen molar-refractivity contribution >= 4 is 11.5 Å². The summed E-state index contributed by atoms with van der Waals surface area (Å²) in [5.41, 5.74) is 9.36. The van der Waals surface area contributed by atoms with Gasteiger partial charge in [-0.2, -0.15) is 9.61 Å². The number of hydrogen-bond donors (Lipinski definition) is 2. The molecule has 0 aromatic carbocycles. The predicted molar refractivity (Wildman–Crippen MR) is 88.1 cm³/mol. The van der Waals surface area contributed by atoms with Crippen molar-refractivity contribution in [2.75, 3.05) is 5.32 Å². The first-order chi connectivity index (χ1) is 10.6. The number of nitrogens with two attached hydrogens (primary N) is 1. The van der Waals surface area contributed by atoms with Crippen LogP contribution in [0.4, 0.5) is 5.82 Å². The van der Waals surface area contributed by atoms with Gasteiger partial charge in [0.2, 0.25) is 0 Å². The van der Waals surface area contributed by atoms with Gasteiger partial charge < -0.3 is 11.1 Å². The summed E-state index contributed by atoms with van der Waals surface area (Å²) in [6, 6.07) is 2.99. The van der Waals surface area contributed by atoms with E-state index in [1.807, 2.05) is 10.7 Å². The van der Waals surface area contributed by atoms with Gasteiger partial charge in [0, 0.05) is 35.3 Å². The van der Waals surface area contributed by atoms with Crippen LogP contribution in [0.25, 0.3) is 5.65 Å². The Kier molecular flexibility index (Phi) is 3.33. The molecule has 4 rings (SSSR count). The second kappa shape index (κ2) is 5.23. The van der Waals surface area contributed by atoms with E-state index in [0.717, 1.165) is 42.2 Å². The van der Waals surface area contributed by atoms with Crippen LogP contribution in [-0.4, -0.2) is 26.7 Å². The van der Waals surface area contributed by atoms with Crippen LogP contribution >= 0.6 is 0 Å². The Morgan fingerprint density at radius 1 is 1.32 bits per heavy atom. The number of aryl methyl sites for hydroxylation is 1. The van der Waals surface area contributed by atoms with Crippen LogP contribution in [0.1, 0.15) is 56.2 Å². The SMILES string of the molecule is Cc1cnn2c(N[C@H]3CC[C@H](N)C3)cc(C(C)C3CC3)nc12. The summed E-state index contributed by atoms with van der Waals surface area (Å²) in [6.45, 7) is 4.38. The zero-order chi connectivity index (χ0) is 15.3. The highest BCUT2D eigenvalue weighted by atomic mass is 15.3. The summed E-state index contributed by atoms with van der Waals surface area (Å²) >= 11 is 0. The summed E-state index contributed by atoms with van der Waals surface area (Å²) in [5, 5.41) is 8.16. The summed E-state index contributed by atoms with van der Waals surface area (Å²) in [7, 11) is 0. The van der Waals surface area contributed by atoms with Crippen LogP contribution in [0, 0.1) is 12.8 Å². The van der Waals surface area contributed by atoms with Gasteiger partial charge in [0.1, 0.15) is 5.82 Å². The molecule has 3 N–H and O–H groups in total. The van der Waals surface area contributed by atoms with Gasteiger partial charge in [-0.25, -0.2) is 4.98 Å². The number of rotatable bonds is 4. The fourth-order valence-corrected chi connectivity index (χ4v) is 3.62. The van der Waals surface area contributed by atoms with Crippen LogP contribution in [0.5, 0.6) is 0 Å². The van der Waals surface area contributed by atoms with Crippen LogP contribution < -0.4 is 11.1 Å². The number of fused-ring (bicyclic) bond motifs is 1. The van der Waals surface area contributed by atoms with Gasteiger partial charge >= 0.3 is 0 Å². The molecule has 2 heterocycles. The lowest BCUT2D eigenvalue weighted by Gasteiger charge is -2.18. The molecular weight excluding hydrogens is 274 g/mol. The Bertz CT molecular complexity index is 688. The highest BCUT2D eigenvalue weighted by Gasteiger charge is 2.31. The minimum Gasteiger partial charge on any atom is -0.367 e. The zero-order valence-electron chi connectivity index (χ0n) is 13.4. The van der Waals surface area contributed by atoms with Crippen molar-refractivity contribution in [3.8, 4) is 0 Å². The fraction of sp³-hybridized carbons (Fsp3) is 0.647. The maximum atomic E-state index is 6.05. The van der Waals surface area contributed by atoms with Crippen LogP contribution in [0.3, 0.4) is 0 Å². The van der Waals surface area contributed by atoms with E-state index in [1.165, 1.54) is 18.5 Å². The highest BCUT2D eigenvalue weighted by Crippen LogP contribution is 2.42. The van der Waals surface area contributed by atoms with Crippen LogP contribution in [-0.2, 0) is 0 Å². The quantitative estimate of drug-likeness (QED) is 0.911. The minimum atomic E-state index is 0.332. The molecule has 2 aliphatic carbocycles. The molecule has 5 heteroatoms.